The van der Waals surface area contributed by atoms with Crippen molar-refractivity contribution in [2.24, 2.45) is 0 Å². The van der Waals surface area contributed by atoms with Crippen LogP contribution >= 0.6 is 0 Å². The molecule has 0 aliphatic carbocycles. The van der Waals surface area contributed by atoms with Gasteiger partial charge in [0.15, 0.2) is 0 Å². The van der Waals surface area contributed by atoms with Gasteiger partial charge in [-0.3, -0.25) is 0 Å². The van der Waals surface area contributed by atoms with E-state index >= 15 is 0 Å². The first-order valence-corrected chi connectivity index (χ1v) is 7.07. The summed E-state index contributed by atoms with van der Waals surface area (Å²) >= 11 is 0. The van der Waals surface area contributed by atoms with E-state index in [0.717, 1.165) is 12.6 Å². The fraction of sp³-hybridized carbons (Fsp3) is 0.455. The van der Waals surface area contributed by atoms with Crippen LogP contribution < -0.4 is 10.5 Å². The van der Waals surface area contributed by atoms with Crippen LogP contribution in [0.3, 0.4) is 0 Å². The monoisotopic (exact) mass is 311 g/mol. The second-order valence-corrected chi connectivity index (χ2v) is 6.31. The lowest BCUT2D eigenvalue weighted by molar-refractivity contribution is -0.134. The highest BCUT2D eigenvalue weighted by molar-refractivity contribution is 7.87. The maximum absolute atomic E-state index is 12.2. The van der Waals surface area contributed by atoms with Crippen molar-refractivity contribution >= 4 is 15.9 Å². The summed E-state index contributed by atoms with van der Waals surface area (Å²) in [5.74, 6) is 0. The standard InChI is InChI=1S/C11H16F3N3O2S/c1-8-3-9(5-10(15)4-8)6-16-20(18,19)17(2)7-11(12,13)14/h3-5,16H,6-7,15H2,1-2H3. The molecule has 0 saturated carbocycles. The third kappa shape index (κ3) is 5.35. The summed E-state index contributed by atoms with van der Waals surface area (Å²) in [6.07, 6.45) is -4.59. The molecule has 0 aromatic heterocycles. The quantitative estimate of drug-likeness (QED) is 0.807. The summed E-state index contributed by atoms with van der Waals surface area (Å²) in [6.45, 7) is 0.110. The molecular formula is C11H16F3N3O2S. The van der Waals surface area contributed by atoms with E-state index in [4.69, 9.17) is 5.73 Å². The van der Waals surface area contributed by atoms with E-state index in [1.54, 1.807) is 25.1 Å². The lowest BCUT2D eigenvalue weighted by atomic mass is 10.1. The Labute approximate surface area is 115 Å². The number of rotatable bonds is 5. The Hall–Kier alpha value is -1.32. The number of alkyl halides is 3. The lowest BCUT2D eigenvalue weighted by Crippen LogP contribution is -2.42. The molecule has 0 unspecified atom stereocenters. The Balaban J connectivity index is 2.72. The third-order valence-corrected chi connectivity index (χ3v) is 3.89. The maximum atomic E-state index is 12.2. The molecule has 0 bridgehead atoms. The topological polar surface area (TPSA) is 75.4 Å². The Morgan fingerprint density at radius 1 is 1.30 bits per heavy atom. The first-order chi connectivity index (χ1) is 8.99. The number of nitrogens with one attached hydrogen (secondary N) is 1. The number of nitrogens with two attached hydrogens (primary N) is 1. The molecule has 9 heteroatoms. The fourth-order valence-electron chi connectivity index (χ4n) is 1.62. The van der Waals surface area contributed by atoms with Gasteiger partial charge >= 0.3 is 6.18 Å². The zero-order chi connectivity index (χ0) is 15.6. The molecule has 1 aromatic rings. The molecule has 0 fully saturated rings. The summed E-state index contributed by atoms with van der Waals surface area (Å²) in [4.78, 5) is 0. The molecule has 0 saturated heterocycles. The summed E-state index contributed by atoms with van der Waals surface area (Å²) < 4.78 is 62.0. The maximum Gasteiger partial charge on any atom is 0.402 e. The first-order valence-electron chi connectivity index (χ1n) is 5.63. The Morgan fingerprint density at radius 2 is 1.90 bits per heavy atom. The minimum Gasteiger partial charge on any atom is -0.399 e. The van der Waals surface area contributed by atoms with Crippen molar-refractivity contribution in [1.82, 2.24) is 9.03 Å². The first kappa shape index (κ1) is 16.7. The van der Waals surface area contributed by atoms with E-state index in [2.05, 4.69) is 4.72 Å². The smallest absolute Gasteiger partial charge is 0.399 e. The normalized spacial score (nSPS) is 12.9. The van der Waals surface area contributed by atoms with Crippen molar-refractivity contribution in [1.29, 1.82) is 0 Å². The fourth-order valence-corrected chi connectivity index (χ4v) is 2.50. The van der Waals surface area contributed by atoms with Gasteiger partial charge in [0.05, 0.1) is 0 Å². The van der Waals surface area contributed by atoms with E-state index < -0.39 is 22.9 Å². The number of halogens is 3. The van der Waals surface area contributed by atoms with Crippen molar-refractivity contribution in [3.8, 4) is 0 Å². The van der Waals surface area contributed by atoms with Crippen LogP contribution in [0.5, 0.6) is 0 Å². The molecule has 0 aliphatic heterocycles. The van der Waals surface area contributed by atoms with E-state index in [9.17, 15) is 21.6 Å². The van der Waals surface area contributed by atoms with Gasteiger partial charge in [0, 0.05) is 19.3 Å². The van der Waals surface area contributed by atoms with Gasteiger partial charge in [-0.1, -0.05) is 6.07 Å². The summed E-state index contributed by atoms with van der Waals surface area (Å²) in [5, 5.41) is 0. The molecule has 5 nitrogen and oxygen atoms in total. The highest BCUT2D eigenvalue weighted by atomic mass is 32.2. The van der Waals surface area contributed by atoms with Crippen molar-refractivity contribution < 1.29 is 21.6 Å². The van der Waals surface area contributed by atoms with Gasteiger partial charge in [-0.05, 0) is 30.2 Å². The third-order valence-electron chi connectivity index (χ3n) is 2.43. The van der Waals surface area contributed by atoms with Gasteiger partial charge in [-0.25, -0.2) is 0 Å². The van der Waals surface area contributed by atoms with Crippen LogP contribution in [0.15, 0.2) is 18.2 Å². The second kappa shape index (κ2) is 5.98. The summed E-state index contributed by atoms with van der Waals surface area (Å²) in [6, 6.07) is 4.95. The molecule has 0 atom stereocenters. The average Bonchev–Trinajstić information content (AvgIpc) is 2.23. The molecular weight excluding hydrogens is 295 g/mol. The highest BCUT2D eigenvalue weighted by Gasteiger charge is 2.33. The molecule has 0 aliphatic rings. The minimum absolute atomic E-state index is 0.129. The van der Waals surface area contributed by atoms with Crippen molar-refractivity contribution in [2.45, 2.75) is 19.6 Å². The number of nitrogen functional groups attached to an aromatic ring is 1. The molecule has 0 radical (unpaired) electrons. The largest absolute Gasteiger partial charge is 0.402 e. The zero-order valence-corrected chi connectivity index (χ0v) is 11.8. The van der Waals surface area contributed by atoms with Crippen LogP contribution in [0.1, 0.15) is 11.1 Å². The number of benzene rings is 1. The van der Waals surface area contributed by atoms with Gasteiger partial charge in [0.25, 0.3) is 10.2 Å². The van der Waals surface area contributed by atoms with Crippen LogP contribution in [-0.4, -0.2) is 32.5 Å². The summed E-state index contributed by atoms with van der Waals surface area (Å²) in [7, 11) is -3.33. The van der Waals surface area contributed by atoms with Gasteiger partial charge in [0.2, 0.25) is 0 Å². The molecule has 1 rings (SSSR count). The van der Waals surface area contributed by atoms with E-state index in [-0.39, 0.29) is 10.8 Å². The van der Waals surface area contributed by atoms with Gasteiger partial charge in [0.1, 0.15) is 6.54 Å². The molecule has 3 N–H and O–H groups in total. The summed E-state index contributed by atoms with van der Waals surface area (Å²) in [5.41, 5.74) is 7.48. The van der Waals surface area contributed by atoms with E-state index in [0.29, 0.717) is 11.3 Å². The second-order valence-electron chi connectivity index (χ2n) is 4.45. The van der Waals surface area contributed by atoms with Crippen LogP contribution in [0.2, 0.25) is 0 Å². The van der Waals surface area contributed by atoms with Crippen LogP contribution in [0.25, 0.3) is 0 Å². The van der Waals surface area contributed by atoms with Crippen molar-refractivity contribution in [3.63, 3.8) is 0 Å². The lowest BCUT2D eigenvalue weighted by Gasteiger charge is -2.19. The number of hydrogen-bond acceptors (Lipinski definition) is 3. The van der Waals surface area contributed by atoms with Gasteiger partial charge < -0.3 is 5.73 Å². The molecule has 1 aromatic carbocycles. The van der Waals surface area contributed by atoms with Crippen LogP contribution in [0, 0.1) is 6.92 Å². The van der Waals surface area contributed by atoms with Crippen LogP contribution in [0.4, 0.5) is 18.9 Å². The predicted octanol–water partition coefficient (Wildman–Crippen LogP) is 1.41. The van der Waals surface area contributed by atoms with Crippen molar-refractivity contribution in [3.05, 3.63) is 29.3 Å². The van der Waals surface area contributed by atoms with Gasteiger partial charge in [-0.2, -0.15) is 30.6 Å². The predicted molar refractivity (Wildman–Crippen MR) is 70.0 cm³/mol. The number of hydrogen-bond donors (Lipinski definition) is 2. The number of anilines is 1. The van der Waals surface area contributed by atoms with Crippen molar-refractivity contribution in [2.75, 3.05) is 19.3 Å². The SMILES string of the molecule is Cc1cc(N)cc(CNS(=O)(=O)N(C)CC(F)(F)F)c1. The van der Waals surface area contributed by atoms with Crippen LogP contribution in [-0.2, 0) is 16.8 Å². The van der Waals surface area contributed by atoms with Gasteiger partial charge in [-0.15, -0.1) is 0 Å². The molecule has 20 heavy (non-hydrogen) atoms. The van der Waals surface area contributed by atoms with E-state index in [1.165, 1.54) is 0 Å². The number of aryl methyl sites for hydroxylation is 1. The molecule has 0 heterocycles. The highest BCUT2D eigenvalue weighted by Crippen LogP contribution is 2.17. The molecule has 114 valence electrons. The minimum atomic E-state index is -4.59. The average molecular weight is 311 g/mol. The zero-order valence-electron chi connectivity index (χ0n) is 11.0. The Morgan fingerprint density at radius 3 is 2.40 bits per heavy atom. The Bertz CT molecular complexity index is 553. The molecule has 0 spiro atoms. The number of nitrogens with zero attached hydrogens (tertiary/aromatic N) is 1. The molecule has 0 amide bonds. The van der Waals surface area contributed by atoms with E-state index in [1.807, 2.05) is 0 Å². The Kier molecular flexibility index (Phi) is 5.00.